The van der Waals surface area contributed by atoms with Crippen LogP contribution < -0.4 is 9.47 Å². The lowest BCUT2D eigenvalue weighted by atomic mass is 9.94. The van der Waals surface area contributed by atoms with E-state index in [9.17, 15) is 4.79 Å². The van der Waals surface area contributed by atoms with Crippen molar-refractivity contribution >= 4 is 17.5 Å². The fraction of sp³-hybridized carbons (Fsp3) is 0.480. The van der Waals surface area contributed by atoms with Gasteiger partial charge in [-0.15, -0.1) is 0 Å². The van der Waals surface area contributed by atoms with Gasteiger partial charge in [0.2, 0.25) is 12.7 Å². The maximum Gasteiger partial charge on any atom is 0.231 e. The minimum absolute atomic E-state index is 0.158. The Balaban J connectivity index is 1.06. The second-order valence-corrected chi connectivity index (χ2v) is 9.41. The topological polar surface area (TPSA) is 45.3 Å². The highest BCUT2D eigenvalue weighted by Gasteiger charge is 2.30. The molecule has 32 heavy (non-hydrogen) atoms. The third-order valence-corrected chi connectivity index (χ3v) is 6.99. The molecule has 0 radical (unpaired) electrons. The molecule has 5 rings (SSSR count). The monoisotopic (exact) mass is 455 g/mol. The van der Waals surface area contributed by atoms with Crippen LogP contribution in [-0.2, 0) is 17.9 Å². The van der Waals surface area contributed by atoms with Crippen molar-refractivity contribution in [3.63, 3.8) is 0 Å². The number of hydrogen-bond donors (Lipinski definition) is 0. The molecule has 0 N–H and O–H groups in total. The van der Waals surface area contributed by atoms with Gasteiger partial charge in [-0.3, -0.25) is 14.6 Å². The number of piperazine rings is 1. The van der Waals surface area contributed by atoms with Crippen molar-refractivity contribution in [1.29, 1.82) is 0 Å². The van der Waals surface area contributed by atoms with Crippen LogP contribution in [0.2, 0.25) is 5.02 Å². The number of likely N-dealkylation sites (tertiary alicyclic amines) is 1. The molecule has 3 heterocycles. The third-order valence-electron chi connectivity index (χ3n) is 6.76. The highest BCUT2D eigenvalue weighted by Crippen LogP contribution is 2.33. The van der Waals surface area contributed by atoms with Gasteiger partial charge in [0.1, 0.15) is 0 Å². The molecule has 0 bridgehead atoms. The Labute approximate surface area is 194 Å². The average molecular weight is 456 g/mol. The van der Waals surface area contributed by atoms with E-state index in [-0.39, 0.29) is 5.92 Å². The van der Waals surface area contributed by atoms with E-state index in [0.29, 0.717) is 12.7 Å². The first-order chi connectivity index (χ1) is 15.6. The molecule has 0 unspecified atom stereocenters. The number of nitrogens with zero attached hydrogens (tertiary/aromatic N) is 3. The first kappa shape index (κ1) is 21.6. The van der Waals surface area contributed by atoms with Crippen molar-refractivity contribution < 1.29 is 14.3 Å². The molecule has 170 valence electrons. The van der Waals surface area contributed by atoms with Gasteiger partial charge >= 0.3 is 0 Å². The lowest BCUT2D eigenvalue weighted by Gasteiger charge is -2.38. The molecule has 3 aliphatic heterocycles. The summed E-state index contributed by atoms with van der Waals surface area (Å²) in [4.78, 5) is 20.0. The number of amides is 1. The molecule has 0 saturated carbocycles. The van der Waals surface area contributed by atoms with Gasteiger partial charge in [0.05, 0.1) is 0 Å². The summed E-state index contributed by atoms with van der Waals surface area (Å²) >= 11 is 6.11. The lowest BCUT2D eigenvalue weighted by molar-refractivity contribution is -0.139. The van der Waals surface area contributed by atoms with Gasteiger partial charge in [-0.1, -0.05) is 29.8 Å². The highest BCUT2D eigenvalue weighted by molar-refractivity contribution is 6.30. The number of fused-ring (bicyclic) bond motifs is 1. The molecule has 0 aliphatic carbocycles. The summed E-state index contributed by atoms with van der Waals surface area (Å²) in [6, 6.07) is 14.2. The summed E-state index contributed by atoms with van der Waals surface area (Å²) in [5.74, 6) is 2.15. The van der Waals surface area contributed by atoms with Crippen LogP contribution in [0.1, 0.15) is 24.0 Å². The van der Waals surface area contributed by atoms with Crippen LogP contribution in [-0.4, -0.2) is 66.7 Å². The number of piperidine rings is 1. The lowest BCUT2D eigenvalue weighted by Crippen LogP contribution is -2.51. The number of ether oxygens (including phenoxy) is 2. The van der Waals surface area contributed by atoms with E-state index in [2.05, 4.69) is 32.9 Å². The highest BCUT2D eigenvalue weighted by atomic mass is 35.5. The molecule has 0 aromatic heterocycles. The number of benzene rings is 2. The summed E-state index contributed by atoms with van der Waals surface area (Å²) in [6.45, 7) is 7.46. The molecule has 2 fully saturated rings. The van der Waals surface area contributed by atoms with Gasteiger partial charge in [-0.05, 0) is 61.3 Å². The Hall–Kier alpha value is -2.28. The van der Waals surface area contributed by atoms with Crippen molar-refractivity contribution in [2.24, 2.45) is 5.92 Å². The van der Waals surface area contributed by atoms with Gasteiger partial charge < -0.3 is 14.4 Å². The van der Waals surface area contributed by atoms with E-state index >= 15 is 0 Å². The maximum atomic E-state index is 13.1. The van der Waals surface area contributed by atoms with Crippen LogP contribution in [0.4, 0.5) is 0 Å². The van der Waals surface area contributed by atoms with E-state index in [1.54, 1.807) is 0 Å². The van der Waals surface area contributed by atoms with E-state index in [1.165, 1.54) is 11.1 Å². The van der Waals surface area contributed by atoms with Gasteiger partial charge in [0, 0.05) is 50.2 Å². The van der Waals surface area contributed by atoms with E-state index in [1.807, 2.05) is 24.3 Å². The number of carbonyl (C=O) groups is 1. The number of halogens is 1. The Morgan fingerprint density at radius 1 is 0.844 bits per heavy atom. The molecular formula is C25H30ClN3O3. The quantitative estimate of drug-likeness (QED) is 0.689. The van der Waals surface area contributed by atoms with Crippen molar-refractivity contribution in [3.05, 3.63) is 58.6 Å². The van der Waals surface area contributed by atoms with Gasteiger partial charge in [-0.2, -0.15) is 0 Å². The van der Waals surface area contributed by atoms with Crippen LogP contribution in [0, 0.1) is 5.92 Å². The minimum atomic E-state index is 0.158. The normalized spacial score (nSPS) is 20.0. The molecule has 7 heteroatoms. The fourth-order valence-electron chi connectivity index (χ4n) is 4.91. The number of carbonyl (C=O) groups excluding carboxylic acids is 1. The van der Waals surface area contributed by atoms with Crippen LogP contribution in [0.25, 0.3) is 0 Å². The summed E-state index contributed by atoms with van der Waals surface area (Å²) in [5.41, 5.74) is 2.46. The van der Waals surface area contributed by atoms with E-state index in [0.717, 1.165) is 81.7 Å². The van der Waals surface area contributed by atoms with Crippen molar-refractivity contribution in [2.45, 2.75) is 25.9 Å². The maximum absolute atomic E-state index is 13.1. The fourth-order valence-corrected chi connectivity index (χ4v) is 5.13. The molecular weight excluding hydrogens is 426 g/mol. The van der Waals surface area contributed by atoms with E-state index < -0.39 is 0 Å². The minimum Gasteiger partial charge on any atom is -0.454 e. The predicted molar refractivity (Wildman–Crippen MR) is 124 cm³/mol. The van der Waals surface area contributed by atoms with Crippen molar-refractivity contribution in [2.75, 3.05) is 46.1 Å². The van der Waals surface area contributed by atoms with Gasteiger partial charge in [0.15, 0.2) is 11.5 Å². The summed E-state index contributed by atoms with van der Waals surface area (Å²) < 4.78 is 10.9. The standard InChI is InChI=1S/C25H30ClN3O3/c26-22-3-1-2-19(14-22)16-27-8-6-21(7-9-27)25(30)29-12-10-28(11-13-29)17-20-4-5-23-24(15-20)32-18-31-23/h1-5,14-15,21H,6-13,16-18H2. The van der Waals surface area contributed by atoms with Crippen LogP contribution in [0.5, 0.6) is 11.5 Å². The molecule has 2 aromatic rings. The number of rotatable bonds is 5. The summed E-state index contributed by atoms with van der Waals surface area (Å²) in [6.07, 6.45) is 1.88. The molecule has 2 aromatic carbocycles. The first-order valence-corrected chi connectivity index (χ1v) is 11.9. The van der Waals surface area contributed by atoms with Crippen LogP contribution in [0.15, 0.2) is 42.5 Å². The zero-order valence-corrected chi connectivity index (χ0v) is 19.1. The summed E-state index contributed by atoms with van der Waals surface area (Å²) in [5, 5.41) is 0.783. The van der Waals surface area contributed by atoms with Crippen molar-refractivity contribution in [1.82, 2.24) is 14.7 Å². The van der Waals surface area contributed by atoms with Crippen LogP contribution in [0.3, 0.4) is 0 Å². The Morgan fingerprint density at radius 3 is 2.28 bits per heavy atom. The van der Waals surface area contributed by atoms with Gasteiger partial charge in [0.25, 0.3) is 0 Å². The Kier molecular flexibility index (Phi) is 6.53. The Bertz CT molecular complexity index is 953. The zero-order chi connectivity index (χ0) is 21.9. The zero-order valence-electron chi connectivity index (χ0n) is 18.3. The largest absolute Gasteiger partial charge is 0.454 e. The SMILES string of the molecule is O=C(C1CCN(Cc2cccc(Cl)c2)CC1)N1CCN(Cc2ccc3c(c2)OCO3)CC1. The smallest absolute Gasteiger partial charge is 0.231 e. The predicted octanol–water partition coefficient (Wildman–Crippen LogP) is 3.63. The Morgan fingerprint density at radius 2 is 1.53 bits per heavy atom. The molecule has 0 atom stereocenters. The average Bonchev–Trinajstić information content (AvgIpc) is 3.28. The second-order valence-electron chi connectivity index (χ2n) is 8.97. The molecule has 2 saturated heterocycles. The first-order valence-electron chi connectivity index (χ1n) is 11.5. The molecule has 3 aliphatic rings. The molecule has 0 spiro atoms. The second kappa shape index (κ2) is 9.69. The van der Waals surface area contributed by atoms with E-state index in [4.69, 9.17) is 21.1 Å². The molecule has 6 nitrogen and oxygen atoms in total. The molecule has 1 amide bonds. The van der Waals surface area contributed by atoms with Crippen molar-refractivity contribution in [3.8, 4) is 11.5 Å². The van der Waals surface area contributed by atoms with Crippen LogP contribution >= 0.6 is 11.6 Å². The summed E-state index contributed by atoms with van der Waals surface area (Å²) in [7, 11) is 0. The number of hydrogen-bond acceptors (Lipinski definition) is 5. The van der Waals surface area contributed by atoms with Gasteiger partial charge in [-0.25, -0.2) is 0 Å². The third kappa shape index (κ3) is 5.03.